The van der Waals surface area contributed by atoms with Crippen LogP contribution in [-0.4, -0.2) is 50.5 Å². The number of rotatable bonds is 5. The third-order valence-corrected chi connectivity index (χ3v) is 7.01. The predicted molar refractivity (Wildman–Crippen MR) is 113 cm³/mol. The topological polar surface area (TPSA) is 110 Å². The molecule has 0 aliphatic carbocycles. The third-order valence-electron chi connectivity index (χ3n) is 4.75. The summed E-state index contributed by atoms with van der Waals surface area (Å²) in [4.78, 5) is 39.7. The van der Waals surface area contributed by atoms with E-state index < -0.39 is 21.7 Å². The molecule has 160 valence electrons. The van der Waals surface area contributed by atoms with Crippen LogP contribution in [0.1, 0.15) is 45.0 Å². The fourth-order valence-corrected chi connectivity index (χ4v) is 5.09. The molecule has 2 amide bonds. The van der Waals surface area contributed by atoms with Crippen LogP contribution in [-0.2, 0) is 32.3 Å². The lowest BCUT2D eigenvalue weighted by Gasteiger charge is -2.25. The number of ether oxygens (including phenoxy) is 1. The van der Waals surface area contributed by atoms with Crippen LogP contribution in [0.25, 0.3) is 0 Å². The maximum absolute atomic E-state index is 12.7. The SMILES string of the molecule is CCOC(=O)c1c(NC(=O)c2ccc(S(C)(=O)=O)cc2)sc2c1CCN(C(C)=O)C2. The van der Waals surface area contributed by atoms with Crippen LogP contribution >= 0.6 is 11.3 Å². The molecular formula is C20H22N2O6S2. The molecule has 0 unspecified atom stereocenters. The average Bonchev–Trinajstić information content (AvgIpc) is 3.04. The summed E-state index contributed by atoms with van der Waals surface area (Å²) in [7, 11) is -3.37. The van der Waals surface area contributed by atoms with Crippen LogP contribution in [0.5, 0.6) is 0 Å². The Labute approximate surface area is 178 Å². The van der Waals surface area contributed by atoms with E-state index in [-0.39, 0.29) is 23.0 Å². The molecule has 0 spiro atoms. The monoisotopic (exact) mass is 450 g/mol. The molecule has 1 aromatic heterocycles. The average molecular weight is 451 g/mol. The number of benzene rings is 1. The number of fused-ring (bicyclic) bond motifs is 1. The lowest BCUT2D eigenvalue weighted by atomic mass is 10.0. The van der Waals surface area contributed by atoms with E-state index in [9.17, 15) is 22.8 Å². The summed E-state index contributed by atoms with van der Waals surface area (Å²) >= 11 is 1.25. The number of nitrogens with zero attached hydrogens (tertiary/aromatic N) is 1. The van der Waals surface area contributed by atoms with E-state index in [1.165, 1.54) is 42.5 Å². The maximum Gasteiger partial charge on any atom is 0.341 e. The summed E-state index contributed by atoms with van der Waals surface area (Å²) in [5.41, 5.74) is 1.37. The summed E-state index contributed by atoms with van der Waals surface area (Å²) in [6.07, 6.45) is 1.59. The Bertz CT molecular complexity index is 1100. The zero-order chi connectivity index (χ0) is 22.1. The van der Waals surface area contributed by atoms with Crippen molar-refractivity contribution in [1.82, 2.24) is 4.90 Å². The molecule has 2 heterocycles. The van der Waals surface area contributed by atoms with E-state index in [0.717, 1.165) is 16.7 Å². The fraction of sp³-hybridized carbons (Fsp3) is 0.350. The summed E-state index contributed by atoms with van der Waals surface area (Å²) in [5.74, 6) is -1.04. The first-order valence-electron chi connectivity index (χ1n) is 9.30. The van der Waals surface area contributed by atoms with E-state index in [4.69, 9.17) is 4.74 Å². The van der Waals surface area contributed by atoms with E-state index in [0.29, 0.717) is 30.1 Å². The van der Waals surface area contributed by atoms with Crippen LogP contribution in [0.3, 0.4) is 0 Å². The van der Waals surface area contributed by atoms with Crippen molar-refractivity contribution in [2.45, 2.75) is 31.7 Å². The van der Waals surface area contributed by atoms with Crippen LogP contribution in [0, 0.1) is 0 Å². The number of anilines is 1. The number of thiophene rings is 1. The van der Waals surface area contributed by atoms with E-state index in [2.05, 4.69) is 5.32 Å². The minimum atomic E-state index is -3.37. The Morgan fingerprint density at radius 1 is 1.20 bits per heavy atom. The molecule has 0 fully saturated rings. The highest BCUT2D eigenvalue weighted by molar-refractivity contribution is 7.90. The Balaban J connectivity index is 1.92. The van der Waals surface area contributed by atoms with Crippen LogP contribution in [0.15, 0.2) is 29.2 Å². The standard InChI is InChI=1S/C20H22N2O6S2/c1-4-28-20(25)17-15-9-10-22(12(2)23)11-16(15)29-19(17)21-18(24)13-5-7-14(8-6-13)30(3,26)27/h5-8H,4,9-11H2,1-3H3,(H,21,24). The van der Waals surface area contributed by atoms with Gasteiger partial charge in [0.25, 0.3) is 5.91 Å². The summed E-state index contributed by atoms with van der Waals surface area (Å²) < 4.78 is 28.4. The number of hydrogen-bond acceptors (Lipinski definition) is 7. The molecule has 1 aliphatic heterocycles. The zero-order valence-corrected chi connectivity index (χ0v) is 18.5. The smallest absolute Gasteiger partial charge is 0.341 e. The molecule has 1 aliphatic rings. The highest BCUT2D eigenvalue weighted by Crippen LogP contribution is 2.38. The molecule has 0 atom stereocenters. The Hall–Kier alpha value is -2.72. The van der Waals surface area contributed by atoms with Crippen LogP contribution < -0.4 is 5.32 Å². The number of amides is 2. The number of carbonyl (C=O) groups excluding carboxylic acids is 3. The summed E-state index contributed by atoms with van der Waals surface area (Å²) in [6.45, 7) is 4.26. The number of esters is 1. The molecule has 1 aromatic carbocycles. The van der Waals surface area contributed by atoms with Crippen LogP contribution in [0.4, 0.5) is 5.00 Å². The van der Waals surface area contributed by atoms with Crippen molar-refractivity contribution in [3.63, 3.8) is 0 Å². The first-order valence-corrected chi connectivity index (χ1v) is 12.0. The van der Waals surface area contributed by atoms with Gasteiger partial charge in [0, 0.05) is 30.2 Å². The van der Waals surface area contributed by atoms with Crippen molar-refractivity contribution in [3.05, 3.63) is 45.8 Å². The Kier molecular flexibility index (Phi) is 6.27. The van der Waals surface area contributed by atoms with Crippen molar-refractivity contribution in [2.75, 3.05) is 24.7 Å². The molecule has 0 saturated heterocycles. The van der Waals surface area contributed by atoms with Crippen LogP contribution in [0.2, 0.25) is 0 Å². The summed E-state index contributed by atoms with van der Waals surface area (Å²) in [6, 6.07) is 5.56. The van der Waals surface area contributed by atoms with E-state index in [1.807, 2.05) is 0 Å². The van der Waals surface area contributed by atoms with Gasteiger partial charge in [-0.05, 0) is 43.2 Å². The second kappa shape index (κ2) is 8.57. The number of hydrogen-bond donors (Lipinski definition) is 1. The lowest BCUT2D eigenvalue weighted by molar-refractivity contribution is -0.129. The first kappa shape index (κ1) is 22.0. The number of sulfone groups is 1. The number of carbonyl (C=O) groups is 3. The predicted octanol–water partition coefficient (Wildman–Crippen LogP) is 2.49. The Morgan fingerprint density at radius 2 is 1.87 bits per heavy atom. The number of nitrogens with one attached hydrogen (secondary N) is 1. The highest BCUT2D eigenvalue weighted by Gasteiger charge is 2.30. The van der Waals surface area contributed by atoms with Crippen molar-refractivity contribution in [1.29, 1.82) is 0 Å². The van der Waals surface area contributed by atoms with Crippen molar-refractivity contribution < 1.29 is 27.5 Å². The van der Waals surface area contributed by atoms with Gasteiger partial charge in [0.1, 0.15) is 5.00 Å². The minimum absolute atomic E-state index is 0.0525. The van der Waals surface area contributed by atoms with Gasteiger partial charge in [-0.15, -0.1) is 11.3 Å². The second-order valence-electron chi connectivity index (χ2n) is 6.87. The maximum atomic E-state index is 12.7. The quantitative estimate of drug-likeness (QED) is 0.701. The normalized spacial score (nSPS) is 13.5. The van der Waals surface area contributed by atoms with Gasteiger partial charge in [0.2, 0.25) is 5.91 Å². The van der Waals surface area contributed by atoms with Gasteiger partial charge >= 0.3 is 5.97 Å². The van der Waals surface area contributed by atoms with Gasteiger partial charge in [-0.1, -0.05) is 0 Å². The molecule has 8 nitrogen and oxygen atoms in total. The first-order chi connectivity index (χ1) is 14.1. The van der Waals surface area contributed by atoms with Gasteiger partial charge in [-0.25, -0.2) is 13.2 Å². The fourth-order valence-electron chi connectivity index (χ4n) is 3.21. The molecular weight excluding hydrogens is 428 g/mol. The summed E-state index contributed by atoms with van der Waals surface area (Å²) in [5, 5.41) is 3.11. The van der Waals surface area contributed by atoms with Crippen molar-refractivity contribution in [3.8, 4) is 0 Å². The van der Waals surface area contributed by atoms with Gasteiger partial charge in [0.15, 0.2) is 9.84 Å². The third kappa shape index (κ3) is 4.54. The highest BCUT2D eigenvalue weighted by atomic mass is 32.2. The Morgan fingerprint density at radius 3 is 2.43 bits per heavy atom. The van der Waals surface area contributed by atoms with E-state index >= 15 is 0 Å². The lowest BCUT2D eigenvalue weighted by Crippen LogP contribution is -2.34. The minimum Gasteiger partial charge on any atom is -0.462 e. The molecule has 0 radical (unpaired) electrons. The molecule has 30 heavy (non-hydrogen) atoms. The second-order valence-corrected chi connectivity index (χ2v) is 9.99. The van der Waals surface area contributed by atoms with Gasteiger partial charge in [0.05, 0.1) is 23.6 Å². The largest absolute Gasteiger partial charge is 0.462 e. The van der Waals surface area contributed by atoms with Gasteiger partial charge in [-0.3, -0.25) is 9.59 Å². The zero-order valence-electron chi connectivity index (χ0n) is 16.9. The molecule has 2 aromatic rings. The molecule has 3 rings (SSSR count). The van der Waals surface area contributed by atoms with Crippen molar-refractivity contribution >= 4 is 44.0 Å². The van der Waals surface area contributed by atoms with E-state index in [1.54, 1.807) is 11.8 Å². The molecule has 10 heteroatoms. The molecule has 0 bridgehead atoms. The van der Waals surface area contributed by atoms with Gasteiger partial charge < -0.3 is 15.0 Å². The van der Waals surface area contributed by atoms with Gasteiger partial charge in [-0.2, -0.15) is 0 Å². The molecule has 0 saturated carbocycles. The molecule has 1 N–H and O–H groups in total. The van der Waals surface area contributed by atoms with Crippen molar-refractivity contribution in [2.24, 2.45) is 0 Å².